The third-order valence-electron chi connectivity index (χ3n) is 3.55. The van der Waals surface area contributed by atoms with E-state index in [1.54, 1.807) is 38.1 Å². The summed E-state index contributed by atoms with van der Waals surface area (Å²) < 4.78 is 33.5. The molecule has 0 bridgehead atoms. The van der Waals surface area contributed by atoms with Crippen LogP contribution in [0.2, 0.25) is 0 Å². The summed E-state index contributed by atoms with van der Waals surface area (Å²) in [7, 11) is 0. The van der Waals surface area contributed by atoms with E-state index in [-0.39, 0.29) is 17.5 Å². The van der Waals surface area contributed by atoms with Crippen molar-refractivity contribution in [3.05, 3.63) is 65.9 Å². The summed E-state index contributed by atoms with van der Waals surface area (Å²) in [6.45, 7) is 3.20. The number of hydrogen-bond acceptors (Lipinski definition) is 3. The van der Waals surface area contributed by atoms with Crippen molar-refractivity contribution < 1.29 is 18.6 Å². The van der Waals surface area contributed by atoms with Crippen LogP contribution < -0.4 is 4.74 Å². The summed E-state index contributed by atoms with van der Waals surface area (Å²) in [5, 5.41) is 10.6. The standard InChI is InChI=1S/C19H17F2NO2/c1-19(2,23)10-14-15(20)6-4-8-17(14)24-13-9-12-5-3-7-16(21)18(12)22-11-13/h3-9,11,23H,10H2,1-2H3. The Bertz CT molecular complexity index is 888. The number of aliphatic hydroxyl groups is 1. The molecule has 0 spiro atoms. The highest BCUT2D eigenvalue weighted by atomic mass is 19.1. The molecule has 3 aromatic rings. The van der Waals surface area contributed by atoms with Crippen LogP contribution in [0.15, 0.2) is 48.7 Å². The number of nitrogens with zero attached hydrogens (tertiary/aromatic N) is 1. The predicted molar refractivity (Wildman–Crippen MR) is 88.2 cm³/mol. The largest absolute Gasteiger partial charge is 0.455 e. The molecule has 3 rings (SSSR count). The van der Waals surface area contributed by atoms with Gasteiger partial charge in [0.25, 0.3) is 0 Å². The summed E-state index contributed by atoms with van der Waals surface area (Å²) in [5.41, 5.74) is -0.546. The van der Waals surface area contributed by atoms with Crippen LogP contribution in [-0.2, 0) is 6.42 Å². The monoisotopic (exact) mass is 329 g/mol. The zero-order valence-corrected chi connectivity index (χ0v) is 13.4. The van der Waals surface area contributed by atoms with E-state index in [1.807, 2.05) is 0 Å². The lowest BCUT2D eigenvalue weighted by atomic mass is 9.97. The van der Waals surface area contributed by atoms with Crippen LogP contribution in [0.1, 0.15) is 19.4 Å². The smallest absolute Gasteiger partial charge is 0.149 e. The molecule has 0 aliphatic carbocycles. The molecule has 0 aliphatic rings. The van der Waals surface area contributed by atoms with E-state index in [2.05, 4.69) is 4.98 Å². The fraction of sp³-hybridized carbons (Fsp3) is 0.211. The van der Waals surface area contributed by atoms with Crippen LogP contribution in [0.5, 0.6) is 11.5 Å². The average Bonchev–Trinajstić information content (AvgIpc) is 2.50. The van der Waals surface area contributed by atoms with E-state index in [1.165, 1.54) is 24.4 Å². The van der Waals surface area contributed by atoms with Gasteiger partial charge in [-0.2, -0.15) is 0 Å². The maximum atomic E-state index is 14.1. The molecular formula is C19H17F2NO2. The molecule has 1 heterocycles. The lowest BCUT2D eigenvalue weighted by Crippen LogP contribution is -2.23. The Balaban J connectivity index is 1.98. The molecule has 0 radical (unpaired) electrons. The van der Waals surface area contributed by atoms with E-state index in [0.717, 1.165) is 0 Å². The number of aromatic nitrogens is 1. The van der Waals surface area contributed by atoms with E-state index >= 15 is 0 Å². The highest BCUT2D eigenvalue weighted by Crippen LogP contribution is 2.31. The van der Waals surface area contributed by atoms with Crippen molar-refractivity contribution in [3.8, 4) is 11.5 Å². The maximum absolute atomic E-state index is 14.1. The van der Waals surface area contributed by atoms with Gasteiger partial charge in [0.05, 0.1) is 11.8 Å². The van der Waals surface area contributed by atoms with Crippen molar-refractivity contribution in [2.75, 3.05) is 0 Å². The first-order chi connectivity index (χ1) is 11.3. The normalized spacial score (nSPS) is 11.7. The van der Waals surface area contributed by atoms with Crippen molar-refractivity contribution in [2.45, 2.75) is 25.9 Å². The van der Waals surface area contributed by atoms with Gasteiger partial charge in [-0.05, 0) is 38.1 Å². The molecule has 1 N–H and O–H groups in total. The molecule has 2 aromatic carbocycles. The highest BCUT2D eigenvalue weighted by molar-refractivity contribution is 5.80. The van der Waals surface area contributed by atoms with Crippen LogP contribution in [0, 0.1) is 11.6 Å². The number of para-hydroxylation sites is 1. The Morgan fingerprint density at radius 2 is 1.79 bits per heavy atom. The SMILES string of the molecule is CC(C)(O)Cc1c(F)cccc1Oc1cnc2c(F)cccc2c1. The third-order valence-corrected chi connectivity index (χ3v) is 3.55. The second-order valence-electron chi connectivity index (χ2n) is 6.29. The van der Waals surface area contributed by atoms with Gasteiger partial charge >= 0.3 is 0 Å². The molecule has 124 valence electrons. The van der Waals surface area contributed by atoms with Crippen LogP contribution in [0.25, 0.3) is 10.9 Å². The van der Waals surface area contributed by atoms with E-state index < -0.39 is 17.2 Å². The molecule has 5 heteroatoms. The Morgan fingerprint density at radius 1 is 1.08 bits per heavy atom. The second kappa shape index (κ2) is 6.17. The zero-order chi connectivity index (χ0) is 17.3. The number of pyridine rings is 1. The molecule has 0 aliphatic heterocycles. The molecule has 24 heavy (non-hydrogen) atoms. The number of benzene rings is 2. The van der Waals surface area contributed by atoms with Crippen LogP contribution in [0.3, 0.4) is 0 Å². The number of hydrogen-bond donors (Lipinski definition) is 1. The number of rotatable bonds is 4. The molecule has 0 saturated carbocycles. The molecule has 0 atom stereocenters. The first kappa shape index (κ1) is 16.3. The number of ether oxygens (including phenoxy) is 1. The molecular weight excluding hydrogens is 312 g/mol. The lowest BCUT2D eigenvalue weighted by molar-refractivity contribution is 0.0793. The van der Waals surface area contributed by atoms with Crippen LogP contribution >= 0.6 is 0 Å². The minimum atomic E-state index is -1.08. The molecule has 0 unspecified atom stereocenters. The zero-order valence-electron chi connectivity index (χ0n) is 13.4. The minimum absolute atomic E-state index is 0.102. The molecule has 1 aromatic heterocycles. The van der Waals surface area contributed by atoms with Crippen molar-refractivity contribution in [3.63, 3.8) is 0 Å². The van der Waals surface area contributed by atoms with E-state index in [0.29, 0.717) is 16.9 Å². The first-order valence-corrected chi connectivity index (χ1v) is 7.55. The third kappa shape index (κ3) is 3.51. The van der Waals surface area contributed by atoms with Gasteiger partial charge in [0, 0.05) is 17.4 Å². The van der Waals surface area contributed by atoms with Gasteiger partial charge in [0.1, 0.15) is 28.7 Å². The summed E-state index contributed by atoms with van der Waals surface area (Å²) in [4.78, 5) is 4.06. The number of halogens is 2. The van der Waals surface area contributed by atoms with Gasteiger partial charge in [-0.3, -0.25) is 0 Å². The van der Waals surface area contributed by atoms with E-state index in [4.69, 9.17) is 4.74 Å². The van der Waals surface area contributed by atoms with Gasteiger partial charge < -0.3 is 9.84 Å². The fourth-order valence-corrected chi connectivity index (χ4v) is 2.52. The average molecular weight is 329 g/mol. The Kier molecular flexibility index (Phi) is 4.20. The maximum Gasteiger partial charge on any atom is 0.149 e. The molecule has 0 saturated heterocycles. The van der Waals surface area contributed by atoms with Gasteiger partial charge in [-0.25, -0.2) is 13.8 Å². The van der Waals surface area contributed by atoms with Crippen LogP contribution in [-0.4, -0.2) is 15.7 Å². The highest BCUT2D eigenvalue weighted by Gasteiger charge is 2.20. The summed E-state index contributed by atoms with van der Waals surface area (Å²) in [6, 6.07) is 10.8. The van der Waals surface area contributed by atoms with Gasteiger partial charge in [-0.1, -0.05) is 18.2 Å². The Hall–Kier alpha value is -2.53. The minimum Gasteiger partial charge on any atom is -0.455 e. The van der Waals surface area contributed by atoms with Crippen molar-refractivity contribution in [1.82, 2.24) is 4.98 Å². The van der Waals surface area contributed by atoms with Gasteiger partial charge in [-0.15, -0.1) is 0 Å². The summed E-state index contributed by atoms with van der Waals surface area (Å²) in [5.74, 6) is -0.188. The van der Waals surface area contributed by atoms with Crippen LogP contribution in [0.4, 0.5) is 8.78 Å². The second-order valence-corrected chi connectivity index (χ2v) is 6.29. The molecule has 3 nitrogen and oxygen atoms in total. The van der Waals surface area contributed by atoms with Gasteiger partial charge in [0.15, 0.2) is 0 Å². The molecule has 0 amide bonds. The van der Waals surface area contributed by atoms with E-state index in [9.17, 15) is 13.9 Å². The Labute approximate surface area is 138 Å². The predicted octanol–water partition coefficient (Wildman–Crippen LogP) is 4.62. The van der Waals surface area contributed by atoms with Crippen molar-refractivity contribution in [1.29, 1.82) is 0 Å². The first-order valence-electron chi connectivity index (χ1n) is 7.55. The Morgan fingerprint density at radius 3 is 2.54 bits per heavy atom. The van der Waals surface area contributed by atoms with Crippen molar-refractivity contribution in [2.24, 2.45) is 0 Å². The fourth-order valence-electron chi connectivity index (χ4n) is 2.52. The molecule has 0 fully saturated rings. The number of fused-ring (bicyclic) bond motifs is 1. The summed E-state index contributed by atoms with van der Waals surface area (Å²) >= 11 is 0. The summed E-state index contributed by atoms with van der Waals surface area (Å²) in [6.07, 6.45) is 1.49. The lowest BCUT2D eigenvalue weighted by Gasteiger charge is -2.20. The topological polar surface area (TPSA) is 42.4 Å². The van der Waals surface area contributed by atoms with Crippen molar-refractivity contribution >= 4 is 10.9 Å². The van der Waals surface area contributed by atoms with Gasteiger partial charge in [0.2, 0.25) is 0 Å². The quantitative estimate of drug-likeness (QED) is 0.759.